The van der Waals surface area contributed by atoms with E-state index in [1.807, 2.05) is 0 Å². The van der Waals surface area contributed by atoms with Crippen LogP contribution in [0.15, 0.2) is 29.1 Å². The van der Waals surface area contributed by atoms with E-state index in [0.29, 0.717) is 31.2 Å². The summed E-state index contributed by atoms with van der Waals surface area (Å²) in [7, 11) is 2.91. The van der Waals surface area contributed by atoms with Gasteiger partial charge in [0, 0.05) is 26.7 Å². The average Bonchev–Trinajstić information content (AvgIpc) is 2.80. The lowest BCUT2D eigenvalue weighted by molar-refractivity contribution is -0.146. The molecule has 1 fully saturated rings. The van der Waals surface area contributed by atoms with Crippen molar-refractivity contribution in [2.75, 3.05) is 14.1 Å². The number of nitrogens with one attached hydrogen (secondary N) is 2. The standard InChI is InChI=1S/C22H24FN5O5/c1-27(2)20(33)18(31)26-22-9-7-14(8-10-22)28-19(32)16(29)15(25-21(22)28)17(30)24-11-12-3-5-13(23)6-4-12/h3-6,14,29H,7-11H2,1-2H3,(H,24,30)(H,26,31). The highest BCUT2D eigenvalue weighted by Crippen LogP contribution is 2.46. The van der Waals surface area contributed by atoms with Crippen molar-refractivity contribution in [2.24, 2.45) is 0 Å². The van der Waals surface area contributed by atoms with E-state index in [1.165, 1.54) is 42.9 Å². The van der Waals surface area contributed by atoms with Gasteiger partial charge in [0.1, 0.15) is 11.6 Å². The molecular weight excluding hydrogens is 433 g/mol. The number of fused-ring (bicyclic) bond motifs is 2. The fourth-order valence-corrected chi connectivity index (χ4v) is 4.46. The summed E-state index contributed by atoms with van der Waals surface area (Å²) < 4.78 is 14.4. The number of hydrogen-bond donors (Lipinski definition) is 3. The molecule has 33 heavy (non-hydrogen) atoms. The topological polar surface area (TPSA) is 134 Å². The first-order chi connectivity index (χ1) is 15.6. The Kier molecular flexibility index (Phi) is 5.64. The summed E-state index contributed by atoms with van der Waals surface area (Å²) in [5.74, 6) is -3.42. The van der Waals surface area contributed by atoms with Crippen molar-refractivity contribution < 1.29 is 23.9 Å². The molecule has 10 nitrogen and oxygen atoms in total. The molecule has 1 aromatic heterocycles. The number of halogens is 1. The largest absolute Gasteiger partial charge is 0.501 e. The predicted molar refractivity (Wildman–Crippen MR) is 114 cm³/mol. The molecule has 3 amide bonds. The van der Waals surface area contributed by atoms with Crippen LogP contribution in [-0.2, 0) is 21.7 Å². The van der Waals surface area contributed by atoms with Crippen molar-refractivity contribution in [1.29, 1.82) is 0 Å². The molecule has 3 N–H and O–H groups in total. The molecule has 1 aliphatic carbocycles. The van der Waals surface area contributed by atoms with Crippen LogP contribution >= 0.6 is 0 Å². The first-order valence-electron chi connectivity index (χ1n) is 10.6. The summed E-state index contributed by atoms with van der Waals surface area (Å²) in [6.07, 6.45) is 2.00. The second-order valence-corrected chi connectivity index (χ2v) is 8.58. The van der Waals surface area contributed by atoms with Gasteiger partial charge in [0.2, 0.25) is 5.75 Å². The Morgan fingerprint density at radius 3 is 2.45 bits per heavy atom. The zero-order valence-corrected chi connectivity index (χ0v) is 18.2. The second-order valence-electron chi connectivity index (χ2n) is 8.58. The molecule has 0 radical (unpaired) electrons. The van der Waals surface area contributed by atoms with Crippen molar-refractivity contribution in [2.45, 2.75) is 43.8 Å². The first-order valence-corrected chi connectivity index (χ1v) is 10.6. The van der Waals surface area contributed by atoms with Crippen molar-refractivity contribution in [1.82, 2.24) is 25.1 Å². The average molecular weight is 457 g/mol. The van der Waals surface area contributed by atoms with Gasteiger partial charge in [-0.25, -0.2) is 9.37 Å². The molecule has 11 heteroatoms. The van der Waals surface area contributed by atoms with Gasteiger partial charge < -0.3 is 20.6 Å². The highest BCUT2D eigenvalue weighted by molar-refractivity contribution is 6.35. The molecule has 2 aromatic rings. The number of carbonyl (C=O) groups is 3. The lowest BCUT2D eigenvalue weighted by Gasteiger charge is -2.47. The molecule has 1 aromatic carbocycles. The smallest absolute Gasteiger partial charge is 0.311 e. The highest BCUT2D eigenvalue weighted by Gasteiger charge is 2.49. The van der Waals surface area contributed by atoms with Crippen LogP contribution in [0.1, 0.15) is 53.6 Å². The minimum Gasteiger partial charge on any atom is -0.501 e. The lowest BCUT2D eigenvalue weighted by atomic mass is 9.74. The van der Waals surface area contributed by atoms with Gasteiger partial charge in [0.15, 0.2) is 5.69 Å². The van der Waals surface area contributed by atoms with Crippen LogP contribution in [0.25, 0.3) is 0 Å². The van der Waals surface area contributed by atoms with E-state index < -0.39 is 46.1 Å². The van der Waals surface area contributed by atoms with Gasteiger partial charge in [-0.1, -0.05) is 12.1 Å². The molecular formula is C22H24FN5O5. The molecule has 3 heterocycles. The minimum absolute atomic E-state index is 0.0283. The zero-order chi connectivity index (χ0) is 23.9. The molecule has 0 spiro atoms. The fourth-order valence-electron chi connectivity index (χ4n) is 4.46. The van der Waals surface area contributed by atoms with Crippen LogP contribution in [0.4, 0.5) is 4.39 Å². The number of hydrogen-bond acceptors (Lipinski definition) is 6. The number of aromatic nitrogens is 2. The maximum absolute atomic E-state index is 13.1. The molecule has 2 aliphatic heterocycles. The summed E-state index contributed by atoms with van der Waals surface area (Å²) >= 11 is 0. The Morgan fingerprint density at radius 1 is 1.21 bits per heavy atom. The van der Waals surface area contributed by atoms with E-state index in [4.69, 9.17) is 0 Å². The molecule has 0 unspecified atom stereocenters. The van der Waals surface area contributed by atoms with E-state index >= 15 is 0 Å². The third-order valence-electron chi connectivity index (χ3n) is 6.23. The Hall–Kier alpha value is -3.76. The summed E-state index contributed by atoms with van der Waals surface area (Å²) in [6.45, 7) is 0.0283. The van der Waals surface area contributed by atoms with Crippen LogP contribution in [0.3, 0.4) is 0 Å². The highest BCUT2D eigenvalue weighted by atomic mass is 19.1. The summed E-state index contributed by atoms with van der Waals surface area (Å²) in [5, 5.41) is 15.8. The van der Waals surface area contributed by atoms with E-state index in [1.54, 1.807) is 0 Å². The number of rotatable bonds is 4. The number of likely N-dealkylation sites (N-methyl/N-ethyl adjacent to an activating group) is 1. The quantitative estimate of drug-likeness (QED) is 0.574. The first kappa shape index (κ1) is 22.4. The number of carbonyl (C=O) groups excluding carboxylic acids is 3. The Labute approximate surface area is 188 Å². The maximum atomic E-state index is 13.1. The number of amides is 3. The Balaban J connectivity index is 1.67. The monoisotopic (exact) mass is 457 g/mol. The fraction of sp³-hybridized carbons (Fsp3) is 0.409. The maximum Gasteiger partial charge on any atom is 0.311 e. The SMILES string of the molecule is CN(C)C(=O)C(=O)NC12CCC(CC1)n1c2nc(C(=O)NCc2ccc(F)cc2)c(O)c1=O. The van der Waals surface area contributed by atoms with E-state index in [2.05, 4.69) is 15.6 Å². The molecule has 1 saturated carbocycles. The van der Waals surface area contributed by atoms with Crippen molar-refractivity contribution in [3.63, 3.8) is 0 Å². The van der Waals surface area contributed by atoms with Gasteiger partial charge in [-0.05, 0) is 43.4 Å². The normalized spacial score (nSPS) is 20.6. The van der Waals surface area contributed by atoms with Gasteiger partial charge >= 0.3 is 11.8 Å². The molecule has 5 rings (SSSR count). The van der Waals surface area contributed by atoms with Gasteiger partial charge in [0.25, 0.3) is 11.5 Å². The Morgan fingerprint density at radius 2 is 1.85 bits per heavy atom. The van der Waals surface area contributed by atoms with Crippen molar-refractivity contribution in [3.05, 3.63) is 57.5 Å². The summed E-state index contributed by atoms with van der Waals surface area (Å²) in [4.78, 5) is 55.9. The van der Waals surface area contributed by atoms with Gasteiger partial charge in [-0.3, -0.25) is 23.7 Å². The molecule has 174 valence electrons. The number of nitrogens with zero attached hydrogens (tertiary/aromatic N) is 3. The van der Waals surface area contributed by atoms with E-state index in [-0.39, 0.29) is 18.4 Å². The van der Waals surface area contributed by atoms with Gasteiger partial charge in [-0.2, -0.15) is 0 Å². The minimum atomic E-state index is -1.10. The number of aromatic hydroxyl groups is 1. The van der Waals surface area contributed by atoms with Crippen LogP contribution in [0.2, 0.25) is 0 Å². The van der Waals surface area contributed by atoms with E-state index in [9.17, 15) is 28.7 Å². The van der Waals surface area contributed by atoms with Crippen LogP contribution in [0.5, 0.6) is 5.75 Å². The molecule has 2 bridgehead atoms. The Bertz CT molecular complexity index is 1180. The lowest BCUT2D eigenvalue weighted by Crippen LogP contribution is -2.58. The predicted octanol–water partition coefficient (Wildman–Crippen LogP) is 0.546. The third kappa shape index (κ3) is 3.94. The molecule has 0 atom stereocenters. The molecule has 0 saturated heterocycles. The van der Waals surface area contributed by atoms with Crippen LogP contribution in [-0.4, -0.2) is 51.4 Å². The van der Waals surface area contributed by atoms with Crippen molar-refractivity contribution >= 4 is 17.7 Å². The van der Waals surface area contributed by atoms with Gasteiger partial charge in [0.05, 0.1) is 5.54 Å². The summed E-state index contributed by atoms with van der Waals surface area (Å²) in [5.41, 5.74) is -1.72. The summed E-state index contributed by atoms with van der Waals surface area (Å²) in [6, 6.07) is 5.28. The van der Waals surface area contributed by atoms with Crippen molar-refractivity contribution in [3.8, 4) is 5.75 Å². The molecule has 3 aliphatic rings. The van der Waals surface area contributed by atoms with Gasteiger partial charge in [-0.15, -0.1) is 0 Å². The van der Waals surface area contributed by atoms with Crippen LogP contribution < -0.4 is 16.2 Å². The zero-order valence-electron chi connectivity index (χ0n) is 18.2. The van der Waals surface area contributed by atoms with E-state index in [0.717, 1.165) is 4.90 Å². The second kappa shape index (κ2) is 8.30. The van der Waals surface area contributed by atoms with Crippen LogP contribution in [0, 0.1) is 5.82 Å². The third-order valence-corrected chi connectivity index (χ3v) is 6.23. The number of benzene rings is 1.